The molecule has 0 amide bonds. The van der Waals surface area contributed by atoms with Crippen LogP contribution in [0.1, 0.15) is 46.4 Å². The molecule has 166 valence electrons. The van der Waals surface area contributed by atoms with Gasteiger partial charge in [0.1, 0.15) is 6.61 Å². The summed E-state index contributed by atoms with van der Waals surface area (Å²) in [6.07, 6.45) is 6.36. The van der Waals surface area contributed by atoms with E-state index in [0.29, 0.717) is 32.3 Å². The zero-order valence-corrected chi connectivity index (χ0v) is 18.3. The van der Waals surface area contributed by atoms with Crippen LogP contribution in [0.3, 0.4) is 0 Å². The highest BCUT2D eigenvalue weighted by Crippen LogP contribution is 2.37. The molecule has 2 aromatic heterocycles. The number of hydrogen-bond acceptors (Lipinski definition) is 5. The number of H-pyrrole nitrogens is 1. The summed E-state index contributed by atoms with van der Waals surface area (Å²) in [7, 11) is 1.57. The summed E-state index contributed by atoms with van der Waals surface area (Å²) < 4.78 is 10.1. The molecule has 0 bridgehead atoms. The van der Waals surface area contributed by atoms with Gasteiger partial charge in [-0.25, -0.2) is 0 Å². The Hall–Kier alpha value is -3.25. The number of Topliss-reactive ketones (excluding diaryl/α,β-unsaturated/α-hetero) is 1. The van der Waals surface area contributed by atoms with Gasteiger partial charge in [-0.2, -0.15) is 0 Å². The molecular formula is C26H28N2O4. The maximum atomic E-state index is 13.2. The van der Waals surface area contributed by atoms with Crippen molar-refractivity contribution in [3.63, 3.8) is 0 Å². The Morgan fingerprint density at radius 3 is 2.62 bits per heavy atom. The van der Waals surface area contributed by atoms with Crippen LogP contribution in [-0.2, 0) is 27.1 Å². The maximum absolute atomic E-state index is 13.2. The Balaban J connectivity index is 1.56. The first-order valence-electron chi connectivity index (χ1n) is 11.0. The van der Waals surface area contributed by atoms with E-state index in [-0.39, 0.29) is 24.3 Å². The summed E-state index contributed by atoms with van der Waals surface area (Å²) in [5, 5.41) is 0. The van der Waals surface area contributed by atoms with E-state index < -0.39 is 0 Å². The lowest BCUT2D eigenvalue weighted by molar-refractivity contribution is -0.145. The molecular weight excluding hydrogens is 404 g/mol. The molecule has 0 fully saturated rings. The number of nitrogens with zero attached hydrogens (tertiary/aromatic N) is 1. The molecule has 0 spiro atoms. The van der Waals surface area contributed by atoms with Gasteiger partial charge in [-0.3, -0.25) is 14.6 Å². The fourth-order valence-corrected chi connectivity index (χ4v) is 4.39. The normalized spacial score (nSPS) is 15.4. The minimum absolute atomic E-state index is 0.124. The van der Waals surface area contributed by atoms with Crippen molar-refractivity contribution in [3.8, 4) is 11.3 Å². The molecule has 32 heavy (non-hydrogen) atoms. The Labute approximate surface area is 188 Å². The van der Waals surface area contributed by atoms with Crippen LogP contribution in [-0.4, -0.2) is 42.0 Å². The minimum Gasteiger partial charge on any atom is -0.463 e. The number of ether oxygens (including phenoxy) is 2. The molecule has 1 unspecified atom stereocenters. The van der Waals surface area contributed by atoms with Gasteiger partial charge in [-0.1, -0.05) is 30.3 Å². The highest BCUT2D eigenvalue weighted by molar-refractivity contribution is 6.01. The number of benzene rings is 1. The first-order chi connectivity index (χ1) is 15.7. The number of ketones is 1. The molecule has 1 aromatic carbocycles. The molecule has 2 heterocycles. The van der Waals surface area contributed by atoms with Gasteiger partial charge >= 0.3 is 5.97 Å². The van der Waals surface area contributed by atoms with E-state index in [1.165, 1.54) is 5.56 Å². The Morgan fingerprint density at radius 2 is 1.88 bits per heavy atom. The van der Waals surface area contributed by atoms with Gasteiger partial charge in [0.15, 0.2) is 5.78 Å². The number of pyridine rings is 1. The van der Waals surface area contributed by atoms with Crippen LogP contribution >= 0.6 is 0 Å². The Bertz CT molecular complexity index is 1060. The van der Waals surface area contributed by atoms with Crippen molar-refractivity contribution >= 4 is 11.8 Å². The van der Waals surface area contributed by atoms with Crippen LogP contribution in [0.2, 0.25) is 0 Å². The van der Waals surface area contributed by atoms with Gasteiger partial charge < -0.3 is 14.5 Å². The molecule has 3 aromatic rings. The lowest BCUT2D eigenvalue weighted by Crippen LogP contribution is -2.21. The van der Waals surface area contributed by atoms with Crippen molar-refractivity contribution in [1.29, 1.82) is 0 Å². The first kappa shape index (κ1) is 22.0. The smallest absolute Gasteiger partial charge is 0.305 e. The van der Waals surface area contributed by atoms with Crippen molar-refractivity contribution in [2.24, 2.45) is 5.92 Å². The molecule has 0 saturated carbocycles. The van der Waals surface area contributed by atoms with Gasteiger partial charge in [-0.05, 0) is 42.0 Å². The number of aromatic amines is 1. The van der Waals surface area contributed by atoms with Crippen LogP contribution in [0.5, 0.6) is 0 Å². The highest BCUT2D eigenvalue weighted by atomic mass is 16.6. The largest absolute Gasteiger partial charge is 0.463 e. The lowest BCUT2D eigenvalue weighted by atomic mass is 9.82. The molecule has 0 aliphatic heterocycles. The van der Waals surface area contributed by atoms with E-state index in [4.69, 9.17) is 9.47 Å². The predicted octanol–water partition coefficient (Wildman–Crippen LogP) is 4.38. The second-order valence-electron chi connectivity index (χ2n) is 8.18. The van der Waals surface area contributed by atoms with E-state index in [0.717, 1.165) is 34.5 Å². The third-order valence-corrected chi connectivity index (χ3v) is 5.93. The molecule has 0 radical (unpaired) electrons. The number of nitrogens with one attached hydrogen (secondary N) is 1. The van der Waals surface area contributed by atoms with E-state index in [1.54, 1.807) is 19.5 Å². The molecule has 6 heteroatoms. The van der Waals surface area contributed by atoms with E-state index in [1.807, 2.05) is 30.3 Å². The summed E-state index contributed by atoms with van der Waals surface area (Å²) in [5.74, 6) is 0.0269. The average Bonchev–Trinajstić information content (AvgIpc) is 3.18. The fraction of sp³-hybridized carbons (Fsp3) is 0.346. The number of rotatable bonds is 9. The van der Waals surface area contributed by atoms with Gasteiger partial charge in [0.2, 0.25) is 0 Å². The van der Waals surface area contributed by atoms with Gasteiger partial charge in [0.05, 0.1) is 12.3 Å². The summed E-state index contributed by atoms with van der Waals surface area (Å²) in [6, 6.07) is 14.1. The molecule has 1 aliphatic carbocycles. The second kappa shape index (κ2) is 10.4. The van der Waals surface area contributed by atoms with Crippen molar-refractivity contribution in [2.75, 3.05) is 20.3 Å². The quantitative estimate of drug-likeness (QED) is 0.401. The summed E-state index contributed by atoms with van der Waals surface area (Å²) >= 11 is 0. The van der Waals surface area contributed by atoms with E-state index in [9.17, 15) is 9.59 Å². The number of methoxy groups -OCH3 is 1. The number of carbonyl (C=O) groups is 2. The SMILES string of the molecule is COCCOC(=O)CCC1CC(=O)c2c([nH]c(-c3ccncc3)c2Cc2ccccc2)C1. The number of hydrogen-bond donors (Lipinski definition) is 1. The lowest BCUT2D eigenvalue weighted by Gasteiger charge is -2.21. The van der Waals surface area contributed by atoms with Crippen LogP contribution < -0.4 is 0 Å². The molecule has 1 N–H and O–H groups in total. The number of aromatic nitrogens is 2. The average molecular weight is 433 g/mol. The maximum Gasteiger partial charge on any atom is 0.305 e. The van der Waals surface area contributed by atoms with Gasteiger partial charge in [0, 0.05) is 55.6 Å². The van der Waals surface area contributed by atoms with E-state index >= 15 is 0 Å². The number of fused-ring (bicyclic) bond motifs is 1. The highest BCUT2D eigenvalue weighted by Gasteiger charge is 2.31. The summed E-state index contributed by atoms with van der Waals surface area (Å²) in [6.45, 7) is 0.652. The zero-order chi connectivity index (χ0) is 22.3. The fourth-order valence-electron chi connectivity index (χ4n) is 4.39. The second-order valence-corrected chi connectivity index (χ2v) is 8.18. The third kappa shape index (κ3) is 5.14. The summed E-state index contributed by atoms with van der Waals surface area (Å²) in [4.78, 5) is 32.9. The van der Waals surface area contributed by atoms with Crippen molar-refractivity contribution in [3.05, 3.63) is 77.2 Å². The van der Waals surface area contributed by atoms with Crippen LogP contribution in [0.25, 0.3) is 11.3 Å². The molecule has 4 rings (SSSR count). The molecule has 0 saturated heterocycles. The van der Waals surface area contributed by atoms with Gasteiger partial charge in [0.25, 0.3) is 0 Å². The first-order valence-corrected chi connectivity index (χ1v) is 11.0. The monoisotopic (exact) mass is 432 g/mol. The number of carbonyl (C=O) groups excluding carboxylic acids is 2. The van der Waals surface area contributed by atoms with Crippen LogP contribution in [0, 0.1) is 5.92 Å². The zero-order valence-electron chi connectivity index (χ0n) is 18.3. The Kier molecular flexibility index (Phi) is 7.12. The van der Waals surface area contributed by atoms with Crippen LogP contribution in [0.4, 0.5) is 0 Å². The number of esters is 1. The van der Waals surface area contributed by atoms with Crippen molar-refractivity contribution in [1.82, 2.24) is 9.97 Å². The Morgan fingerprint density at radius 1 is 1.09 bits per heavy atom. The predicted molar refractivity (Wildman–Crippen MR) is 121 cm³/mol. The standard InChI is InChI=1S/C26H28N2O4/c1-31-13-14-32-24(30)8-7-19-16-22-25(23(29)17-19)21(15-18-5-3-2-4-6-18)26(28-22)20-9-11-27-12-10-20/h2-6,9-12,19,28H,7-8,13-17H2,1H3. The van der Waals surface area contributed by atoms with Crippen LogP contribution in [0.15, 0.2) is 54.9 Å². The van der Waals surface area contributed by atoms with Crippen molar-refractivity contribution < 1.29 is 19.1 Å². The molecule has 1 atom stereocenters. The molecule has 6 nitrogen and oxygen atoms in total. The minimum atomic E-state index is -0.242. The van der Waals surface area contributed by atoms with E-state index in [2.05, 4.69) is 22.1 Å². The van der Waals surface area contributed by atoms with Gasteiger partial charge in [-0.15, -0.1) is 0 Å². The molecule has 1 aliphatic rings. The third-order valence-electron chi connectivity index (χ3n) is 5.93. The summed E-state index contributed by atoms with van der Waals surface area (Å²) in [5.41, 5.74) is 6.00. The van der Waals surface area contributed by atoms with Crippen molar-refractivity contribution in [2.45, 2.75) is 32.1 Å². The topological polar surface area (TPSA) is 81.3 Å².